The van der Waals surface area contributed by atoms with E-state index >= 15 is 0 Å². The number of fused-ring (bicyclic) bond motifs is 1. The minimum Gasteiger partial charge on any atom is -0.454 e. The minimum absolute atomic E-state index is 0.320. The third-order valence-electron chi connectivity index (χ3n) is 2.52. The van der Waals surface area contributed by atoms with Gasteiger partial charge in [-0.2, -0.15) is 0 Å². The molecule has 0 spiro atoms. The van der Waals surface area contributed by atoms with Crippen LogP contribution < -0.4 is 14.8 Å². The second kappa shape index (κ2) is 5.55. The molecule has 3 nitrogen and oxygen atoms in total. The van der Waals surface area contributed by atoms with E-state index in [1.807, 2.05) is 6.07 Å². The summed E-state index contributed by atoms with van der Waals surface area (Å²) in [5.41, 5.74) is 1.22. The second-order valence-corrected chi connectivity index (χ2v) is 4.70. The van der Waals surface area contributed by atoms with Crippen molar-refractivity contribution in [2.24, 2.45) is 0 Å². The predicted octanol–water partition coefficient (Wildman–Crippen LogP) is 3.07. The van der Waals surface area contributed by atoms with E-state index in [2.05, 4.69) is 34.2 Å². The summed E-state index contributed by atoms with van der Waals surface area (Å²) in [5.74, 6) is 1.65. The second-order valence-electron chi connectivity index (χ2n) is 3.84. The monoisotopic (exact) mass is 285 g/mol. The zero-order valence-electron chi connectivity index (χ0n) is 9.38. The van der Waals surface area contributed by atoms with Crippen molar-refractivity contribution in [1.29, 1.82) is 0 Å². The molecule has 0 fully saturated rings. The molecule has 1 aromatic carbocycles. The number of benzene rings is 1. The number of unbranched alkanes of at least 4 members (excludes halogenated alkanes) is 1. The van der Waals surface area contributed by atoms with Crippen LogP contribution in [-0.4, -0.2) is 13.3 Å². The van der Waals surface area contributed by atoms with Gasteiger partial charge in [-0.1, -0.05) is 13.3 Å². The summed E-state index contributed by atoms with van der Waals surface area (Å²) in [6.45, 7) is 4.44. The third-order valence-corrected chi connectivity index (χ3v) is 3.11. The number of rotatable bonds is 5. The summed E-state index contributed by atoms with van der Waals surface area (Å²) in [7, 11) is 0. The fourth-order valence-electron chi connectivity index (χ4n) is 1.66. The maximum Gasteiger partial charge on any atom is 0.231 e. The van der Waals surface area contributed by atoms with Crippen LogP contribution in [0.15, 0.2) is 16.6 Å². The lowest BCUT2D eigenvalue weighted by molar-refractivity contribution is 0.173. The lowest BCUT2D eigenvalue weighted by Gasteiger charge is -2.06. The summed E-state index contributed by atoms with van der Waals surface area (Å²) < 4.78 is 11.7. The SMILES string of the molecule is CCCCNCc1cc(Br)c2c(c1)OCO2. The van der Waals surface area contributed by atoms with Gasteiger partial charge in [0.05, 0.1) is 4.47 Å². The molecule has 1 aromatic rings. The molecule has 0 atom stereocenters. The van der Waals surface area contributed by atoms with Crippen LogP contribution in [0.4, 0.5) is 0 Å². The zero-order valence-corrected chi connectivity index (χ0v) is 11.0. The molecule has 88 valence electrons. The Morgan fingerprint density at radius 3 is 3.06 bits per heavy atom. The van der Waals surface area contributed by atoms with Crippen LogP contribution >= 0.6 is 15.9 Å². The van der Waals surface area contributed by atoms with Crippen molar-refractivity contribution in [2.45, 2.75) is 26.3 Å². The highest BCUT2D eigenvalue weighted by Gasteiger charge is 2.17. The van der Waals surface area contributed by atoms with Crippen molar-refractivity contribution in [3.05, 3.63) is 22.2 Å². The Labute approximate surface area is 104 Å². The smallest absolute Gasteiger partial charge is 0.231 e. The van der Waals surface area contributed by atoms with Gasteiger partial charge in [-0.25, -0.2) is 0 Å². The number of hydrogen-bond donors (Lipinski definition) is 1. The molecule has 1 heterocycles. The van der Waals surface area contributed by atoms with Crippen molar-refractivity contribution < 1.29 is 9.47 Å². The van der Waals surface area contributed by atoms with E-state index in [1.165, 1.54) is 18.4 Å². The lowest BCUT2D eigenvalue weighted by atomic mass is 10.2. The number of nitrogens with one attached hydrogen (secondary N) is 1. The van der Waals surface area contributed by atoms with Gasteiger partial charge in [-0.05, 0) is 46.6 Å². The van der Waals surface area contributed by atoms with Crippen LogP contribution in [-0.2, 0) is 6.54 Å². The summed E-state index contributed by atoms with van der Waals surface area (Å²) >= 11 is 3.49. The highest BCUT2D eigenvalue weighted by molar-refractivity contribution is 9.10. The normalized spacial score (nSPS) is 13.1. The summed E-state index contributed by atoms with van der Waals surface area (Å²) in [4.78, 5) is 0. The van der Waals surface area contributed by atoms with Gasteiger partial charge in [0, 0.05) is 6.54 Å². The van der Waals surface area contributed by atoms with Gasteiger partial charge in [0.15, 0.2) is 11.5 Å². The fourth-order valence-corrected chi connectivity index (χ4v) is 2.26. The average Bonchev–Trinajstić information content (AvgIpc) is 2.73. The van der Waals surface area contributed by atoms with Crippen molar-refractivity contribution in [3.63, 3.8) is 0 Å². The zero-order chi connectivity index (χ0) is 11.4. The van der Waals surface area contributed by atoms with E-state index in [-0.39, 0.29) is 0 Å². The first-order chi connectivity index (χ1) is 7.81. The van der Waals surface area contributed by atoms with Crippen molar-refractivity contribution in [2.75, 3.05) is 13.3 Å². The first-order valence-electron chi connectivity index (χ1n) is 5.60. The Hall–Kier alpha value is -0.740. The molecule has 0 aliphatic carbocycles. The summed E-state index contributed by atoms with van der Waals surface area (Å²) in [6.07, 6.45) is 2.43. The van der Waals surface area contributed by atoms with Gasteiger partial charge in [-0.15, -0.1) is 0 Å². The molecule has 1 aliphatic rings. The van der Waals surface area contributed by atoms with Gasteiger partial charge in [0.2, 0.25) is 6.79 Å². The van der Waals surface area contributed by atoms with E-state index in [1.54, 1.807) is 0 Å². The maximum absolute atomic E-state index is 5.37. The largest absolute Gasteiger partial charge is 0.454 e. The predicted molar refractivity (Wildman–Crippen MR) is 66.9 cm³/mol. The molecular formula is C12H16BrNO2. The van der Waals surface area contributed by atoms with Crippen LogP contribution in [0.1, 0.15) is 25.3 Å². The number of halogens is 1. The molecule has 0 bridgehead atoms. The van der Waals surface area contributed by atoms with E-state index < -0.39 is 0 Å². The van der Waals surface area contributed by atoms with Crippen LogP contribution in [0.25, 0.3) is 0 Å². The molecule has 0 amide bonds. The molecule has 0 radical (unpaired) electrons. The molecule has 2 rings (SSSR count). The molecule has 0 saturated heterocycles. The fraction of sp³-hybridized carbons (Fsp3) is 0.500. The molecular weight excluding hydrogens is 270 g/mol. The van der Waals surface area contributed by atoms with Crippen molar-refractivity contribution in [3.8, 4) is 11.5 Å². The van der Waals surface area contributed by atoms with Crippen LogP contribution in [0, 0.1) is 0 Å². The van der Waals surface area contributed by atoms with E-state index in [9.17, 15) is 0 Å². The van der Waals surface area contributed by atoms with Gasteiger partial charge in [0.1, 0.15) is 0 Å². The van der Waals surface area contributed by atoms with Gasteiger partial charge in [0.25, 0.3) is 0 Å². The highest BCUT2D eigenvalue weighted by Crippen LogP contribution is 2.39. The maximum atomic E-state index is 5.37. The number of hydrogen-bond acceptors (Lipinski definition) is 3. The Morgan fingerprint density at radius 1 is 1.38 bits per heavy atom. The minimum atomic E-state index is 0.320. The van der Waals surface area contributed by atoms with Crippen LogP contribution in [0.5, 0.6) is 11.5 Å². The van der Waals surface area contributed by atoms with Crippen molar-refractivity contribution >= 4 is 15.9 Å². The van der Waals surface area contributed by atoms with Gasteiger partial charge >= 0.3 is 0 Å². The highest BCUT2D eigenvalue weighted by atomic mass is 79.9. The molecule has 1 aliphatic heterocycles. The first kappa shape index (κ1) is 11.7. The van der Waals surface area contributed by atoms with E-state index in [0.717, 1.165) is 29.1 Å². The first-order valence-corrected chi connectivity index (χ1v) is 6.39. The Balaban J connectivity index is 1.97. The van der Waals surface area contributed by atoms with E-state index in [0.29, 0.717) is 6.79 Å². The molecule has 0 aromatic heterocycles. The standard InChI is InChI=1S/C12H16BrNO2/c1-2-3-4-14-7-9-5-10(13)12-11(6-9)15-8-16-12/h5-6,14H,2-4,7-8H2,1H3. The van der Waals surface area contributed by atoms with Crippen LogP contribution in [0.2, 0.25) is 0 Å². The Bertz CT molecular complexity index is 368. The molecule has 16 heavy (non-hydrogen) atoms. The van der Waals surface area contributed by atoms with Gasteiger partial charge in [-0.3, -0.25) is 0 Å². The topological polar surface area (TPSA) is 30.5 Å². The Morgan fingerprint density at radius 2 is 2.25 bits per heavy atom. The average molecular weight is 286 g/mol. The van der Waals surface area contributed by atoms with Crippen LogP contribution in [0.3, 0.4) is 0 Å². The van der Waals surface area contributed by atoms with Gasteiger partial charge < -0.3 is 14.8 Å². The molecule has 4 heteroatoms. The third kappa shape index (κ3) is 2.68. The molecule has 0 saturated carbocycles. The van der Waals surface area contributed by atoms with E-state index in [4.69, 9.17) is 9.47 Å². The lowest BCUT2D eigenvalue weighted by Crippen LogP contribution is -2.14. The quantitative estimate of drug-likeness (QED) is 0.844. The Kier molecular flexibility index (Phi) is 4.07. The molecule has 0 unspecified atom stereocenters. The summed E-state index contributed by atoms with van der Waals surface area (Å²) in [5, 5.41) is 3.40. The van der Waals surface area contributed by atoms with Crippen molar-refractivity contribution in [1.82, 2.24) is 5.32 Å². The molecule has 1 N–H and O–H groups in total. The summed E-state index contributed by atoms with van der Waals surface area (Å²) in [6, 6.07) is 4.11. The number of ether oxygens (including phenoxy) is 2.